The molecule has 0 heterocycles. The lowest BCUT2D eigenvalue weighted by Gasteiger charge is -2.08. The van der Waals surface area contributed by atoms with Gasteiger partial charge in [-0.2, -0.15) is 0 Å². The van der Waals surface area contributed by atoms with Crippen LogP contribution in [0.1, 0.15) is 38.2 Å². The van der Waals surface area contributed by atoms with E-state index in [4.69, 9.17) is 4.74 Å². The maximum Gasteiger partial charge on any atom is 0.119 e. The zero-order valence-corrected chi connectivity index (χ0v) is 13.8. The van der Waals surface area contributed by atoms with Gasteiger partial charge in [0.2, 0.25) is 0 Å². The van der Waals surface area contributed by atoms with Crippen molar-refractivity contribution < 1.29 is 9.13 Å². The van der Waals surface area contributed by atoms with E-state index >= 15 is 0 Å². The van der Waals surface area contributed by atoms with Gasteiger partial charge < -0.3 is 4.74 Å². The topological polar surface area (TPSA) is 9.23 Å². The third-order valence-corrected chi connectivity index (χ3v) is 3.85. The van der Waals surface area contributed by atoms with Gasteiger partial charge in [0.1, 0.15) is 5.75 Å². The number of allylic oxidation sites excluding steroid dienone is 1. The minimum absolute atomic E-state index is 0.611. The molecule has 23 heavy (non-hydrogen) atoms. The van der Waals surface area contributed by atoms with E-state index in [9.17, 15) is 4.39 Å². The predicted molar refractivity (Wildman–Crippen MR) is 95.5 cm³/mol. The van der Waals surface area contributed by atoms with Crippen molar-refractivity contribution in [2.24, 2.45) is 0 Å². The van der Waals surface area contributed by atoms with Crippen LogP contribution in [-0.4, -0.2) is 6.61 Å². The summed E-state index contributed by atoms with van der Waals surface area (Å²) < 4.78 is 17.7. The Morgan fingerprint density at radius 3 is 2.17 bits per heavy atom. The quantitative estimate of drug-likeness (QED) is 0.491. The SMILES string of the molecule is CCCCCOc1ccc(-c2ccc(CCC=CF)cc2)cc1. The molecule has 0 radical (unpaired) electrons. The summed E-state index contributed by atoms with van der Waals surface area (Å²) in [7, 11) is 0. The second kappa shape index (κ2) is 9.83. The molecule has 0 atom stereocenters. The van der Waals surface area contributed by atoms with E-state index in [2.05, 4.69) is 43.3 Å². The Labute approximate surface area is 138 Å². The monoisotopic (exact) mass is 312 g/mol. The molecule has 2 heteroatoms. The van der Waals surface area contributed by atoms with Crippen molar-refractivity contribution in [2.75, 3.05) is 6.61 Å². The van der Waals surface area contributed by atoms with Gasteiger partial charge in [0.15, 0.2) is 0 Å². The second-order valence-corrected chi connectivity index (χ2v) is 5.68. The maximum absolute atomic E-state index is 11.9. The summed E-state index contributed by atoms with van der Waals surface area (Å²) in [6.07, 6.45) is 7.30. The van der Waals surface area contributed by atoms with Crippen molar-refractivity contribution in [3.63, 3.8) is 0 Å². The molecule has 0 saturated heterocycles. The summed E-state index contributed by atoms with van der Waals surface area (Å²) in [5, 5.41) is 0. The van der Waals surface area contributed by atoms with Gasteiger partial charge in [-0.3, -0.25) is 0 Å². The first-order chi connectivity index (χ1) is 11.3. The van der Waals surface area contributed by atoms with Crippen molar-refractivity contribution >= 4 is 0 Å². The lowest BCUT2D eigenvalue weighted by atomic mass is 10.0. The zero-order valence-electron chi connectivity index (χ0n) is 13.8. The van der Waals surface area contributed by atoms with Crippen molar-refractivity contribution in [1.29, 1.82) is 0 Å². The highest BCUT2D eigenvalue weighted by Crippen LogP contribution is 2.23. The molecular formula is C21H25FO. The maximum atomic E-state index is 11.9. The van der Waals surface area contributed by atoms with Gasteiger partial charge >= 0.3 is 0 Å². The fraction of sp³-hybridized carbons (Fsp3) is 0.333. The molecule has 0 bridgehead atoms. The molecule has 0 saturated carbocycles. The first kappa shape index (κ1) is 17.3. The second-order valence-electron chi connectivity index (χ2n) is 5.68. The van der Waals surface area contributed by atoms with Crippen LogP contribution in [0, 0.1) is 0 Å². The molecule has 0 aliphatic heterocycles. The molecule has 0 spiro atoms. The van der Waals surface area contributed by atoms with Crippen LogP contribution >= 0.6 is 0 Å². The first-order valence-corrected chi connectivity index (χ1v) is 8.41. The molecule has 2 aromatic rings. The fourth-order valence-corrected chi connectivity index (χ4v) is 2.46. The van der Waals surface area contributed by atoms with Crippen molar-refractivity contribution in [1.82, 2.24) is 0 Å². The third-order valence-electron chi connectivity index (χ3n) is 3.85. The molecule has 2 aromatic carbocycles. The normalized spacial score (nSPS) is 11.0. The summed E-state index contributed by atoms with van der Waals surface area (Å²) in [6, 6.07) is 16.7. The Morgan fingerprint density at radius 2 is 1.57 bits per heavy atom. The molecule has 0 fully saturated rings. The van der Waals surface area contributed by atoms with E-state index in [1.807, 2.05) is 12.1 Å². The van der Waals surface area contributed by atoms with Gasteiger partial charge in [-0.05, 0) is 48.1 Å². The van der Waals surface area contributed by atoms with Crippen LogP contribution in [0.15, 0.2) is 60.9 Å². The van der Waals surface area contributed by atoms with E-state index in [1.54, 1.807) is 6.08 Å². The zero-order chi connectivity index (χ0) is 16.3. The Kier molecular flexibility index (Phi) is 7.38. The van der Waals surface area contributed by atoms with Gasteiger partial charge in [0, 0.05) is 0 Å². The van der Waals surface area contributed by atoms with Gasteiger partial charge in [-0.1, -0.05) is 62.2 Å². The van der Waals surface area contributed by atoms with E-state index in [0.29, 0.717) is 6.33 Å². The number of hydrogen-bond donors (Lipinski definition) is 0. The Balaban J connectivity index is 1.91. The molecular weight excluding hydrogens is 287 g/mol. The number of aryl methyl sites for hydroxylation is 1. The molecule has 0 aliphatic rings. The molecule has 0 aliphatic carbocycles. The lowest BCUT2D eigenvalue weighted by molar-refractivity contribution is 0.306. The first-order valence-electron chi connectivity index (χ1n) is 8.41. The molecule has 0 unspecified atom stereocenters. The van der Waals surface area contributed by atoms with Crippen LogP contribution < -0.4 is 4.74 Å². The van der Waals surface area contributed by atoms with E-state index in [0.717, 1.165) is 31.6 Å². The number of halogens is 1. The van der Waals surface area contributed by atoms with Crippen molar-refractivity contribution in [3.8, 4) is 16.9 Å². The van der Waals surface area contributed by atoms with Gasteiger partial charge in [-0.25, -0.2) is 4.39 Å². The summed E-state index contributed by atoms with van der Waals surface area (Å²) in [5.41, 5.74) is 3.59. The minimum Gasteiger partial charge on any atom is -0.494 e. The molecule has 0 N–H and O–H groups in total. The van der Waals surface area contributed by atoms with E-state index < -0.39 is 0 Å². The minimum atomic E-state index is 0.611. The summed E-state index contributed by atoms with van der Waals surface area (Å²) in [5.74, 6) is 0.930. The number of ether oxygens (including phenoxy) is 1. The predicted octanol–water partition coefficient (Wildman–Crippen LogP) is 6.34. The Hall–Kier alpha value is -2.09. The number of benzene rings is 2. The molecule has 0 aromatic heterocycles. The number of hydrogen-bond acceptors (Lipinski definition) is 1. The Morgan fingerprint density at radius 1 is 0.913 bits per heavy atom. The molecule has 0 amide bonds. The van der Waals surface area contributed by atoms with Crippen LogP contribution in [0.5, 0.6) is 5.75 Å². The summed E-state index contributed by atoms with van der Waals surface area (Å²) >= 11 is 0. The highest BCUT2D eigenvalue weighted by atomic mass is 19.1. The average Bonchev–Trinajstić information content (AvgIpc) is 2.60. The van der Waals surface area contributed by atoms with Gasteiger partial charge in [0.05, 0.1) is 12.9 Å². The van der Waals surface area contributed by atoms with Crippen LogP contribution in [-0.2, 0) is 6.42 Å². The van der Waals surface area contributed by atoms with Gasteiger partial charge in [0.25, 0.3) is 0 Å². The third kappa shape index (κ3) is 5.90. The molecule has 2 rings (SSSR count). The fourth-order valence-electron chi connectivity index (χ4n) is 2.46. The molecule has 1 nitrogen and oxygen atoms in total. The van der Waals surface area contributed by atoms with Crippen LogP contribution in [0.2, 0.25) is 0 Å². The average molecular weight is 312 g/mol. The largest absolute Gasteiger partial charge is 0.494 e. The number of rotatable bonds is 9. The lowest BCUT2D eigenvalue weighted by Crippen LogP contribution is -1.96. The molecule has 122 valence electrons. The van der Waals surface area contributed by atoms with E-state index in [-0.39, 0.29) is 0 Å². The highest BCUT2D eigenvalue weighted by molar-refractivity contribution is 5.64. The van der Waals surface area contributed by atoms with Crippen LogP contribution in [0.25, 0.3) is 11.1 Å². The van der Waals surface area contributed by atoms with Crippen LogP contribution in [0.3, 0.4) is 0 Å². The van der Waals surface area contributed by atoms with Gasteiger partial charge in [-0.15, -0.1) is 0 Å². The summed E-state index contributed by atoms with van der Waals surface area (Å²) in [6.45, 7) is 2.98. The summed E-state index contributed by atoms with van der Waals surface area (Å²) in [4.78, 5) is 0. The smallest absolute Gasteiger partial charge is 0.119 e. The highest BCUT2D eigenvalue weighted by Gasteiger charge is 2.00. The Bertz CT molecular complexity index is 584. The van der Waals surface area contributed by atoms with Crippen molar-refractivity contribution in [3.05, 3.63) is 66.5 Å². The van der Waals surface area contributed by atoms with Crippen LogP contribution in [0.4, 0.5) is 4.39 Å². The standard InChI is InChI=1S/C21H25FO/c1-2-3-6-17-23-21-14-12-20(13-15-21)19-10-8-18(9-11-19)7-4-5-16-22/h5,8-16H,2-4,6-7,17H2,1H3. The van der Waals surface area contributed by atoms with E-state index in [1.165, 1.54) is 29.5 Å². The number of unbranched alkanes of at least 4 members (excludes halogenated alkanes) is 2. The van der Waals surface area contributed by atoms with Crippen molar-refractivity contribution in [2.45, 2.75) is 39.0 Å².